The van der Waals surface area contributed by atoms with Gasteiger partial charge in [0.1, 0.15) is 18.2 Å². The summed E-state index contributed by atoms with van der Waals surface area (Å²) in [7, 11) is 1.81. The molecule has 1 atom stereocenters. The highest BCUT2D eigenvalue weighted by atomic mass is 79.9. The lowest BCUT2D eigenvalue weighted by atomic mass is 9.76. The fourth-order valence-electron chi connectivity index (χ4n) is 3.53. The number of halogens is 1. The molecule has 1 aromatic rings. The molecule has 132 valence electrons. The number of hydrogen-bond donors (Lipinski definition) is 1. The van der Waals surface area contributed by atoms with E-state index in [9.17, 15) is 10.1 Å². The quantitative estimate of drug-likeness (QED) is 0.772. The molecule has 0 spiro atoms. The molecule has 0 radical (unpaired) electrons. The molecule has 0 aromatic heterocycles. The summed E-state index contributed by atoms with van der Waals surface area (Å²) < 4.78 is 6.19. The van der Waals surface area contributed by atoms with Gasteiger partial charge in [0, 0.05) is 24.7 Å². The van der Waals surface area contributed by atoms with Crippen molar-refractivity contribution in [1.29, 1.82) is 5.26 Å². The van der Waals surface area contributed by atoms with Crippen molar-refractivity contribution in [3.05, 3.63) is 50.9 Å². The second-order valence-electron chi connectivity index (χ2n) is 6.22. The van der Waals surface area contributed by atoms with Gasteiger partial charge < -0.3 is 15.4 Å². The van der Waals surface area contributed by atoms with Crippen molar-refractivity contribution in [2.45, 2.75) is 25.2 Å². The first-order valence-electron chi connectivity index (χ1n) is 8.25. The van der Waals surface area contributed by atoms with E-state index in [0.717, 1.165) is 24.1 Å². The number of Topliss-reactive ketones (excluding diaryl/α,β-unsaturated/α-hetero) is 1. The van der Waals surface area contributed by atoms with Gasteiger partial charge in [-0.25, -0.2) is 0 Å². The van der Waals surface area contributed by atoms with E-state index in [1.54, 1.807) is 11.0 Å². The molecule has 26 heavy (non-hydrogen) atoms. The molecule has 6 heteroatoms. The molecule has 2 aliphatic rings. The number of allylic oxidation sites excluding steroid dienone is 3. The molecule has 0 saturated heterocycles. The van der Waals surface area contributed by atoms with E-state index in [0.29, 0.717) is 33.6 Å². The Morgan fingerprint density at radius 3 is 2.88 bits per heavy atom. The normalized spacial score (nSPS) is 19.8. The molecule has 1 aromatic carbocycles. The monoisotopic (exact) mass is 411 g/mol. The summed E-state index contributed by atoms with van der Waals surface area (Å²) in [6, 6.07) is 7.70. The maximum Gasteiger partial charge on any atom is 0.161 e. The third kappa shape index (κ3) is 2.98. The fourth-order valence-corrected chi connectivity index (χ4v) is 4.04. The Hall–Kier alpha value is -2.70. The summed E-state index contributed by atoms with van der Waals surface area (Å²) >= 11 is 3.48. The minimum absolute atomic E-state index is 0.0760. The summed E-state index contributed by atoms with van der Waals surface area (Å²) in [5.74, 6) is 3.05. The molecule has 0 saturated carbocycles. The average molecular weight is 412 g/mol. The van der Waals surface area contributed by atoms with Gasteiger partial charge in [0.25, 0.3) is 0 Å². The maximum absolute atomic E-state index is 12.7. The zero-order valence-electron chi connectivity index (χ0n) is 14.4. The van der Waals surface area contributed by atoms with Gasteiger partial charge in [-0.1, -0.05) is 12.0 Å². The van der Waals surface area contributed by atoms with Crippen LogP contribution in [0.15, 0.2) is 45.3 Å². The highest BCUT2D eigenvalue weighted by Crippen LogP contribution is 2.45. The summed E-state index contributed by atoms with van der Waals surface area (Å²) in [4.78, 5) is 14.5. The van der Waals surface area contributed by atoms with E-state index >= 15 is 0 Å². The van der Waals surface area contributed by atoms with Crippen LogP contribution >= 0.6 is 15.9 Å². The van der Waals surface area contributed by atoms with Gasteiger partial charge in [0.05, 0.1) is 22.0 Å². The van der Waals surface area contributed by atoms with Crippen molar-refractivity contribution >= 4 is 21.7 Å². The molecule has 0 fully saturated rings. The molecule has 0 bridgehead atoms. The van der Waals surface area contributed by atoms with E-state index in [1.807, 2.05) is 19.2 Å². The van der Waals surface area contributed by atoms with Crippen LogP contribution in [0.4, 0.5) is 0 Å². The lowest BCUT2D eigenvalue weighted by Gasteiger charge is -2.37. The smallest absolute Gasteiger partial charge is 0.161 e. The molecule has 1 aliphatic heterocycles. The minimum Gasteiger partial charge on any atom is -0.480 e. The lowest BCUT2D eigenvalue weighted by Crippen LogP contribution is -2.36. The molecule has 5 nitrogen and oxygen atoms in total. The van der Waals surface area contributed by atoms with Gasteiger partial charge in [-0.15, -0.1) is 6.42 Å². The zero-order chi connectivity index (χ0) is 18.8. The van der Waals surface area contributed by atoms with E-state index in [2.05, 4.69) is 27.9 Å². The van der Waals surface area contributed by atoms with Crippen LogP contribution in [-0.2, 0) is 4.79 Å². The standard InChI is InChI=1S/C20H18BrN3O2/c1-3-9-26-17-8-7-12(10-14(17)21)18-13(11-22)20(23)24(2)15-5-4-6-16(25)19(15)18/h1,7-8,10,18H,4-6,9,23H2,2H3/t18-/m1/s1. The Kier molecular flexibility index (Phi) is 5.06. The number of ether oxygens (including phenoxy) is 1. The molecule has 0 unspecified atom stereocenters. The van der Waals surface area contributed by atoms with Crippen LogP contribution in [0.5, 0.6) is 5.75 Å². The van der Waals surface area contributed by atoms with Gasteiger partial charge in [0.15, 0.2) is 5.78 Å². The summed E-state index contributed by atoms with van der Waals surface area (Å²) in [5.41, 5.74) is 9.02. The number of terminal acetylenes is 1. The first-order valence-corrected chi connectivity index (χ1v) is 9.04. The van der Waals surface area contributed by atoms with Gasteiger partial charge in [-0.2, -0.15) is 5.26 Å². The first kappa shape index (κ1) is 18.1. The van der Waals surface area contributed by atoms with Crippen molar-refractivity contribution in [2.24, 2.45) is 5.73 Å². The number of carbonyl (C=O) groups excluding carboxylic acids is 1. The highest BCUT2D eigenvalue weighted by molar-refractivity contribution is 9.10. The Balaban J connectivity index is 2.13. The van der Waals surface area contributed by atoms with Gasteiger partial charge in [-0.3, -0.25) is 4.79 Å². The molecular weight excluding hydrogens is 394 g/mol. The van der Waals surface area contributed by atoms with Gasteiger partial charge in [-0.05, 0) is 46.5 Å². The molecule has 1 aliphatic carbocycles. The van der Waals surface area contributed by atoms with Crippen LogP contribution in [0.2, 0.25) is 0 Å². The number of ketones is 1. The van der Waals surface area contributed by atoms with Crippen LogP contribution in [-0.4, -0.2) is 24.3 Å². The molecule has 2 N–H and O–H groups in total. The largest absolute Gasteiger partial charge is 0.480 e. The number of rotatable bonds is 3. The van der Waals surface area contributed by atoms with Crippen molar-refractivity contribution in [3.63, 3.8) is 0 Å². The van der Waals surface area contributed by atoms with Crippen LogP contribution in [0.1, 0.15) is 30.7 Å². The van der Waals surface area contributed by atoms with Crippen LogP contribution in [0, 0.1) is 23.7 Å². The fraction of sp³-hybridized carbons (Fsp3) is 0.300. The second-order valence-corrected chi connectivity index (χ2v) is 7.08. The number of nitrogens with two attached hydrogens (primary N) is 1. The number of benzene rings is 1. The van der Waals surface area contributed by atoms with E-state index < -0.39 is 5.92 Å². The Labute approximate surface area is 161 Å². The van der Waals surface area contributed by atoms with Gasteiger partial charge >= 0.3 is 0 Å². The molecule has 3 rings (SSSR count). The molecular formula is C20H18BrN3O2. The minimum atomic E-state index is -0.461. The lowest BCUT2D eigenvalue weighted by molar-refractivity contribution is -0.116. The van der Waals surface area contributed by atoms with Crippen molar-refractivity contribution in [3.8, 4) is 24.2 Å². The summed E-state index contributed by atoms with van der Waals surface area (Å²) in [6.07, 6.45) is 7.30. The summed E-state index contributed by atoms with van der Waals surface area (Å²) in [5, 5.41) is 9.72. The third-order valence-corrected chi connectivity index (χ3v) is 5.39. The predicted octanol–water partition coefficient (Wildman–Crippen LogP) is 3.19. The second kappa shape index (κ2) is 7.27. The summed E-state index contributed by atoms with van der Waals surface area (Å²) in [6.45, 7) is 0.163. The van der Waals surface area contributed by atoms with E-state index in [4.69, 9.17) is 16.9 Å². The van der Waals surface area contributed by atoms with Crippen molar-refractivity contribution in [1.82, 2.24) is 4.90 Å². The van der Waals surface area contributed by atoms with Crippen LogP contribution < -0.4 is 10.5 Å². The van der Waals surface area contributed by atoms with E-state index in [1.165, 1.54) is 0 Å². The Bertz CT molecular complexity index is 918. The van der Waals surface area contributed by atoms with Crippen molar-refractivity contribution in [2.75, 3.05) is 13.7 Å². The topological polar surface area (TPSA) is 79.3 Å². The molecule has 1 heterocycles. The zero-order valence-corrected chi connectivity index (χ0v) is 16.0. The highest BCUT2D eigenvalue weighted by Gasteiger charge is 2.38. The Morgan fingerprint density at radius 2 is 2.23 bits per heavy atom. The van der Waals surface area contributed by atoms with Crippen LogP contribution in [0.25, 0.3) is 0 Å². The Morgan fingerprint density at radius 1 is 1.46 bits per heavy atom. The maximum atomic E-state index is 12.7. The predicted molar refractivity (Wildman–Crippen MR) is 102 cm³/mol. The third-order valence-electron chi connectivity index (χ3n) is 4.77. The van der Waals surface area contributed by atoms with Crippen molar-refractivity contribution < 1.29 is 9.53 Å². The SMILES string of the molecule is C#CCOc1ccc([C@@H]2C(C#N)=C(N)N(C)C3=C2C(=O)CCC3)cc1Br. The van der Waals surface area contributed by atoms with Crippen LogP contribution in [0.3, 0.4) is 0 Å². The first-order chi connectivity index (χ1) is 12.5. The number of carbonyl (C=O) groups is 1. The average Bonchev–Trinajstić information content (AvgIpc) is 2.63. The number of nitriles is 1. The van der Waals surface area contributed by atoms with E-state index in [-0.39, 0.29) is 12.4 Å². The van der Waals surface area contributed by atoms with Gasteiger partial charge in [0.2, 0.25) is 0 Å². The number of hydrogen-bond acceptors (Lipinski definition) is 5. The molecule has 0 amide bonds. The number of nitrogens with zero attached hydrogens (tertiary/aromatic N) is 2.